The quantitative estimate of drug-likeness (QED) is 0.805. The second kappa shape index (κ2) is 8.31. The van der Waals surface area contributed by atoms with Crippen molar-refractivity contribution in [3.05, 3.63) is 41.5 Å². The molecule has 26 heavy (non-hydrogen) atoms. The average Bonchev–Trinajstić information content (AvgIpc) is 3.02. The maximum Gasteiger partial charge on any atom is 0.418 e. The molecule has 0 bridgehead atoms. The molecule has 0 atom stereocenters. The number of benzene rings is 1. The van der Waals surface area contributed by atoms with Crippen LogP contribution in [0.15, 0.2) is 28.8 Å². The lowest BCUT2D eigenvalue weighted by atomic mass is 10.1. The van der Waals surface area contributed by atoms with Crippen molar-refractivity contribution in [1.82, 2.24) is 15.0 Å². The number of anilines is 1. The molecule has 9 heteroatoms. The van der Waals surface area contributed by atoms with Gasteiger partial charge in [0.2, 0.25) is 11.8 Å². The van der Waals surface area contributed by atoms with Gasteiger partial charge in [-0.1, -0.05) is 38.1 Å². The van der Waals surface area contributed by atoms with E-state index in [1.165, 1.54) is 18.2 Å². The molecule has 1 aromatic carbocycles. The van der Waals surface area contributed by atoms with Gasteiger partial charge in [0, 0.05) is 5.92 Å². The summed E-state index contributed by atoms with van der Waals surface area (Å²) in [6.07, 6.45) is -4.54. The van der Waals surface area contributed by atoms with Crippen LogP contribution in [-0.4, -0.2) is 34.0 Å². The van der Waals surface area contributed by atoms with Gasteiger partial charge in [0.1, 0.15) is 0 Å². The first kappa shape index (κ1) is 19.9. The van der Waals surface area contributed by atoms with Gasteiger partial charge in [-0.2, -0.15) is 18.2 Å². The highest BCUT2D eigenvalue weighted by atomic mass is 19.4. The zero-order valence-corrected chi connectivity index (χ0v) is 14.8. The van der Waals surface area contributed by atoms with Crippen molar-refractivity contribution in [2.45, 2.75) is 39.4 Å². The van der Waals surface area contributed by atoms with Crippen LogP contribution in [0.4, 0.5) is 18.9 Å². The van der Waals surface area contributed by atoms with Gasteiger partial charge >= 0.3 is 6.18 Å². The molecule has 0 saturated heterocycles. The Bertz CT molecular complexity index is 744. The van der Waals surface area contributed by atoms with E-state index in [1.807, 2.05) is 20.8 Å². The minimum atomic E-state index is -4.54. The second-order valence-corrected chi connectivity index (χ2v) is 6.10. The number of amides is 1. The fraction of sp³-hybridized carbons (Fsp3) is 0.471. The number of hydrogen-bond donors (Lipinski definition) is 1. The predicted octanol–water partition coefficient (Wildman–Crippen LogP) is 3.67. The van der Waals surface area contributed by atoms with Crippen LogP contribution in [0, 0.1) is 0 Å². The minimum absolute atomic E-state index is 0.0952. The molecule has 2 aromatic rings. The van der Waals surface area contributed by atoms with Crippen LogP contribution in [0.5, 0.6) is 0 Å². The molecule has 2 rings (SSSR count). The predicted molar refractivity (Wildman–Crippen MR) is 89.4 cm³/mol. The summed E-state index contributed by atoms with van der Waals surface area (Å²) >= 11 is 0. The number of carbonyl (C=O) groups excluding carboxylic acids is 1. The van der Waals surface area contributed by atoms with Crippen LogP contribution in [0.25, 0.3) is 0 Å². The Morgan fingerprint density at radius 3 is 2.58 bits per heavy atom. The van der Waals surface area contributed by atoms with Crippen molar-refractivity contribution >= 4 is 11.6 Å². The van der Waals surface area contributed by atoms with Crippen LogP contribution >= 0.6 is 0 Å². The van der Waals surface area contributed by atoms with Gasteiger partial charge in [-0.25, -0.2) is 0 Å². The maximum absolute atomic E-state index is 13.0. The Balaban J connectivity index is 2.01. The molecule has 0 spiro atoms. The Hall–Kier alpha value is -2.42. The molecule has 0 aliphatic rings. The SMILES string of the molecule is CCN(CC(=O)Nc1ccccc1C(F)(F)F)Cc1nc(C(C)C)no1. The third kappa shape index (κ3) is 5.29. The lowest BCUT2D eigenvalue weighted by Gasteiger charge is -2.19. The van der Waals surface area contributed by atoms with Gasteiger partial charge in [0.05, 0.1) is 24.3 Å². The Morgan fingerprint density at radius 2 is 2.00 bits per heavy atom. The summed E-state index contributed by atoms with van der Waals surface area (Å²) in [5.41, 5.74) is -1.14. The summed E-state index contributed by atoms with van der Waals surface area (Å²) in [7, 11) is 0. The van der Waals surface area contributed by atoms with E-state index in [0.29, 0.717) is 18.3 Å². The van der Waals surface area contributed by atoms with Crippen LogP contribution in [0.2, 0.25) is 0 Å². The van der Waals surface area contributed by atoms with Crippen molar-refractivity contribution in [1.29, 1.82) is 0 Å². The van der Waals surface area contributed by atoms with Crippen LogP contribution in [0.3, 0.4) is 0 Å². The lowest BCUT2D eigenvalue weighted by molar-refractivity contribution is -0.137. The summed E-state index contributed by atoms with van der Waals surface area (Å²) in [6, 6.07) is 4.87. The van der Waals surface area contributed by atoms with E-state index >= 15 is 0 Å². The normalized spacial score (nSPS) is 12.0. The molecule has 0 unspecified atom stereocenters. The first-order valence-corrected chi connectivity index (χ1v) is 8.21. The number of para-hydroxylation sites is 1. The third-order valence-corrected chi connectivity index (χ3v) is 3.68. The molecule has 6 nitrogen and oxygen atoms in total. The van der Waals surface area contributed by atoms with E-state index < -0.39 is 17.6 Å². The second-order valence-electron chi connectivity index (χ2n) is 6.10. The summed E-state index contributed by atoms with van der Waals surface area (Å²) < 4.78 is 44.1. The number of halogens is 3. The van der Waals surface area contributed by atoms with E-state index in [-0.39, 0.29) is 24.7 Å². The average molecular weight is 370 g/mol. The van der Waals surface area contributed by atoms with E-state index in [1.54, 1.807) is 4.90 Å². The smallest absolute Gasteiger partial charge is 0.338 e. The zero-order valence-electron chi connectivity index (χ0n) is 14.8. The third-order valence-electron chi connectivity index (χ3n) is 3.68. The number of alkyl halides is 3. The highest BCUT2D eigenvalue weighted by molar-refractivity contribution is 5.93. The topological polar surface area (TPSA) is 71.3 Å². The Labute approximate surface area is 149 Å². The summed E-state index contributed by atoms with van der Waals surface area (Å²) in [4.78, 5) is 18.1. The number of nitrogens with zero attached hydrogens (tertiary/aromatic N) is 3. The molecular formula is C17H21F3N4O2. The largest absolute Gasteiger partial charge is 0.418 e. The molecule has 0 aliphatic carbocycles. The highest BCUT2D eigenvalue weighted by Crippen LogP contribution is 2.34. The molecule has 0 fully saturated rings. The molecule has 1 amide bonds. The van der Waals surface area contributed by atoms with E-state index in [0.717, 1.165) is 6.07 Å². The molecule has 0 aliphatic heterocycles. The number of likely N-dealkylation sites (N-methyl/N-ethyl adjacent to an activating group) is 1. The van der Waals surface area contributed by atoms with E-state index in [2.05, 4.69) is 15.5 Å². The van der Waals surface area contributed by atoms with E-state index in [9.17, 15) is 18.0 Å². The first-order chi connectivity index (χ1) is 12.2. The number of carbonyl (C=O) groups is 1. The zero-order chi connectivity index (χ0) is 19.3. The van der Waals surface area contributed by atoms with Crippen molar-refractivity contribution in [2.24, 2.45) is 0 Å². The fourth-order valence-electron chi connectivity index (χ4n) is 2.27. The van der Waals surface area contributed by atoms with Crippen LogP contribution in [-0.2, 0) is 17.5 Å². The van der Waals surface area contributed by atoms with Gasteiger partial charge in [0.15, 0.2) is 5.82 Å². The van der Waals surface area contributed by atoms with E-state index in [4.69, 9.17) is 4.52 Å². The van der Waals surface area contributed by atoms with Gasteiger partial charge in [0.25, 0.3) is 0 Å². The Morgan fingerprint density at radius 1 is 1.31 bits per heavy atom. The molecule has 1 aromatic heterocycles. The number of aromatic nitrogens is 2. The van der Waals surface area contributed by atoms with Crippen molar-refractivity contribution in [2.75, 3.05) is 18.4 Å². The number of rotatable bonds is 7. The first-order valence-electron chi connectivity index (χ1n) is 8.21. The lowest BCUT2D eigenvalue weighted by Crippen LogP contribution is -2.33. The van der Waals surface area contributed by atoms with Gasteiger partial charge < -0.3 is 9.84 Å². The molecule has 1 N–H and O–H groups in total. The summed E-state index contributed by atoms with van der Waals surface area (Å²) in [6.45, 7) is 6.33. The van der Waals surface area contributed by atoms with Crippen LogP contribution < -0.4 is 5.32 Å². The summed E-state index contributed by atoms with van der Waals surface area (Å²) in [5, 5.41) is 6.17. The highest BCUT2D eigenvalue weighted by Gasteiger charge is 2.33. The number of nitrogens with one attached hydrogen (secondary N) is 1. The van der Waals surface area contributed by atoms with Crippen LogP contribution in [0.1, 0.15) is 44.0 Å². The molecular weight excluding hydrogens is 349 g/mol. The van der Waals surface area contributed by atoms with Crippen molar-refractivity contribution in [3.8, 4) is 0 Å². The van der Waals surface area contributed by atoms with Gasteiger partial charge in [-0.05, 0) is 18.7 Å². The minimum Gasteiger partial charge on any atom is -0.338 e. The number of hydrogen-bond acceptors (Lipinski definition) is 5. The molecule has 0 saturated carbocycles. The van der Waals surface area contributed by atoms with Crippen molar-refractivity contribution < 1.29 is 22.5 Å². The molecule has 142 valence electrons. The van der Waals surface area contributed by atoms with Gasteiger partial charge in [-0.3, -0.25) is 9.69 Å². The van der Waals surface area contributed by atoms with Gasteiger partial charge in [-0.15, -0.1) is 0 Å². The molecule has 0 radical (unpaired) electrons. The standard InChI is InChI=1S/C17H21F3N4O2/c1-4-24(10-15-22-16(11(2)3)23-26-15)9-14(25)21-13-8-6-5-7-12(13)17(18,19)20/h5-8,11H,4,9-10H2,1-3H3,(H,21,25). The monoisotopic (exact) mass is 370 g/mol. The molecule has 1 heterocycles. The fourth-order valence-corrected chi connectivity index (χ4v) is 2.27. The Kier molecular flexibility index (Phi) is 6.36. The van der Waals surface area contributed by atoms with Crippen molar-refractivity contribution in [3.63, 3.8) is 0 Å². The maximum atomic E-state index is 13.0. The summed E-state index contributed by atoms with van der Waals surface area (Å²) in [5.74, 6) is 0.496.